The van der Waals surface area contributed by atoms with Crippen molar-refractivity contribution in [1.82, 2.24) is 14.9 Å². The van der Waals surface area contributed by atoms with Crippen LogP contribution in [0.2, 0.25) is 0 Å². The van der Waals surface area contributed by atoms with E-state index >= 15 is 0 Å². The summed E-state index contributed by atoms with van der Waals surface area (Å²) in [5.74, 6) is 0.745. The van der Waals surface area contributed by atoms with E-state index in [0.29, 0.717) is 44.2 Å². The minimum Gasteiger partial charge on any atom is -0.437 e. The van der Waals surface area contributed by atoms with Gasteiger partial charge in [-0.25, -0.2) is 9.37 Å². The van der Waals surface area contributed by atoms with Crippen molar-refractivity contribution in [3.8, 4) is 11.6 Å². The molecule has 0 bridgehead atoms. The van der Waals surface area contributed by atoms with Crippen molar-refractivity contribution in [3.63, 3.8) is 0 Å². The predicted molar refractivity (Wildman–Crippen MR) is 125 cm³/mol. The molecule has 6 nitrogen and oxygen atoms in total. The molecule has 0 saturated carbocycles. The fourth-order valence-electron chi connectivity index (χ4n) is 5.10. The van der Waals surface area contributed by atoms with Crippen molar-refractivity contribution in [1.29, 1.82) is 0 Å². The number of carbonyl (C=O) groups is 1. The number of piperidine rings is 1. The maximum atomic E-state index is 14.0. The van der Waals surface area contributed by atoms with Gasteiger partial charge in [0.25, 0.3) is 0 Å². The molecule has 2 fully saturated rings. The standard InChI is InChI=1S/C27H28FN3O3/c28-22-8-10-23(11-9-22)34-25-24(29-14-15-30-25)20-5-4-16-31(19-20)26(32)27(12-17-33-18-13-27)21-6-2-1-3-7-21/h1-3,6-11,14-15,20H,4-5,12-13,16-19H2. The molecule has 1 atom stereocenters. The number of halogens is 1. The first-order chi connectivity index (χ1) is 16.7. The van der Waals surface area contributed by atoms with Gasteiger partial charge in [0.15, 0.2) is 0 Å². The Balaban J connectivity index is 1.39. The van der Waals surface area contributed by atoms with Crippen LogP contribution in [0.4, 0.5) is 4.39 Å². The zero-order valence-electron chi connectivity index (χ0n) is 19.0. The molecule has 2 aromatic carbocycles. The zero-order chi connectivity index (χ0) is 23.4. The molecule has 0 N–H and O–H groups in total. The van der Waals surface area contributed by atoms with Crippen LogP contribution < -0.4 is 4.74 Å². The van der Waals surface area contributed by atoms with Crippen molar-refractivity contribution in [2.75, 3.05) is 26.3 Å². The van der Waals surface area contributed by atoms with E-state index in [1.54, 1.807) is 24.5 Å². The summed E-state index contributed by atoms with van der Waals surface area (Å²) >= 11 is 0. The number of amides is 1. The fourth-order valence-corrected chi connectivity index (χ4v) is 5.10. The van der Waals surface area contributed by atoms with Gasteiger partial charge in [-0.15, -0.1) is 0 Å². The molecule has 1 amide bonds. The van der Waals surface area contributed by atoms with E-state index in [9.17, 15) is 9.18 Å². The lowest BCUT2D eigenvalue weighted by molar-refractivity contribution is -0.142. The molecule has 0 radical (unpaired) electrons. The number of hydrogen-bond donors (Lipinski definition) is 0. The third kappa shape index (κ3) is 4.53. The number of hydrogen-bond acceptors (Lipinski definition) is 5. The first-order valence-electron chi connectivity index (χ1n) is 11.8. The summed E-state index contributed by atoms with van der Waals surface area (Å²) in [4.78, 5) is 25.0. The third-order valence-electron chi connectivity index (χ3n) is 6.90. The quantitative estimate of drug-likeness (QED) is 0.543. The Kier molecular flexibility index (Phi) is 6.54. The number of ether oxygens (including phenoxy) is 2. The van der Waals surface area contributed by atoms with Crippen molar-refractivity contribution < 1.29 is 18.7 Å². The lowest BCUT2D eigenvalue weighted by Crippen LogP contribution is -2.52. The second-order valence-electron chi connectivity index (χ2n) is 8.95. The van der Waals surface area contributed by atoms with E-state index in [2.05, 4.69) is 22.1 Å². The van der Waals surface area contributed by atoms with Gasteiger partial charge < -0.3 is 14.4 Å². The zero-order valence-corrected chi connectivity index (χ0v) is 19.0. The highest BCUT2D eigenvalue weighted by atomic mass is 19.1. The number of benzene rings is 2. The molecule has 0 aliphatic carbocycles. The summed E-state index contributed by atoms with van der Waals surface area (Å²) in [6, 6.07) is 15.9. The smallest absolute Gasteiger partial charge is 0.241 e. The van der Waals surface area contributed by atoms with E-state index < -0.39 is 5.41 Å². The molecule has 2 aliphatic rings. The lowest BCUT2D eigenvalue weighted by atomic mass is 9.72. The van der Waals surface area contributed by atoms with Crippen LogP contribution in [0.5, 0.6) is 11.6 Å². The van der Waals surface area contributed by atoms with Gasteiger partial charge in [-0.2, -0.15) is 0 Å². The summed E-state index contributed by atoms with van der Waals surface area (Å²) in [6.07, 6.45) is 6.37. The molecule has 3 aromatic rings. The summed E-state index contributed by atoms with van der Waals surface area (Å²) in [5, 5.41) is 0. The van der Waals surface area contributed by atoms with Gasteiger partial charge in [-0.3, -0.25) is 9.78 Å². The van der Waals surface area contributed by atoms with Gasteiger partial charge in [-0.1, -0.05) is 30.3 Å². The maximum Gasteiger partial charge on any atom is 0.241 e. The Morgan fingerprint density at radius 2 is 1.76 bits per heavy atom. The van der Waals surface area contributed by atoms with Crippen molar-refractivity contribution in [3.05, 3.63) is 84.1 Å². The minimum atomic E-state index is -0.558. The SMILES string of the molecule is O=C(N1CCCC(c2nccnc2Oc2ccc(F)cc2)C1)C1(c2ccccc2)CCOCC1. The van der Waals surface area contributed by atoms with Crippen molar-refractivity contribution in [2.45, 2.75) is 37.0 Å². The molecule has 2 aliphatic heterocycles. The number of nitrogens with zero attached hydrogens (tertiary/aromatic N) is 3. The Labute approximate surface area is 198 Å². The van der Waals surface area contributed by atoms with E-state index in [1.807, 2.05) is 23.1 Å². The highest BCUT2D eigenvalue weighted by molar-refractivity contribution is 5.88. The van der Waals surface area contributed by atoms with E-state index in [1.165, 1.54) is 12.1 Å². The largest absolute Gasteiger partial charge is 0.437 e. The Bertz CT molecular complexity index is 1120. The van der Waals surface area contributed by atoms with Crippen LogP contribution >= 0.6 is 0 Å². The molecule has 34 heavy (non-hydrogen) atoms. The Morgan fingerprint density at radius 3 is 2.53 bits per heavy atom. The molecule has 1 aromatic heterocycles. The molecular formula is C27H28FN3O3. The van der Waals surface area contributed by atoms with Crippen LogP contribution in [0.3, 0.4) is 0 Å². The first-order valence-corrected chi connectivity index (χ1v) is 11.8. The van der Waals surface area contributed by atoms with E-state index in [0.717, 1.165) is 30.6 Å². The maximum absolute atomic E-state index is 14.0. The normalized spacial score (nSPS) is 20.0. The van der Waals surface area contributed by atoms with Crippen LogP contribution in [0, 0.1) is 5.82 Å². The van der Waals surface area contributed by atoms with Crippen LogP contribution in [-0.2, 0) is 14.9 Å². The van der Waals surface area contributed by atoms with Crippen LogP contribution in [0.15, 0.2) is 67.0 Å². The molecule has 5 rings (SSSR count). The number of carbonyl (C=O) groups excluding carboxylic acids is 1. The number of aromatic nitrogens is 2. The molecule has 2 saturated heterocycles. The predicted octanol–water partition coefficient (Wildman–Crippen LogP) is 4.86. The van der Waals surface area contributed by atoms with Gasteiger partial charge in [-0.05, 0) is 55.5 Å². The molecule has 3 heterocycles. The monoisotopic (exact) mass is 461 g/mol. The summed E-state index contributed by atoms with van der Waals surface area (Å²) < 4.78 is 24.9. The van der Waals surface area contributed by atoms with Crippen LogP contribution in [-0.4, -0.2) is 47.1 Å². The summed E-state index contributed by atoms with van der Waals surface area (Å²) in [5.41, 5.74) is 1.23. The average molecular weight is 462 g/mol. The van der Waals surface area contributed by atoms with Crippen LogP contribution in [0.25, 0.3) is 0 Å². The Hall–Kier alpha value is -3.32. The number of rotatable bonds is 5. The second kappa shape index (κ2) is 9.89. The van der Waals surface area contributed by atoms with Gasteiger partial charge >= 0.3 is 0 Å². The number of likely N-dealkylation sites (tertiary alicyclic amines) is 1. The van der Waals surface area contributed by atoms with Crippen molar-refractivity contribution >= 4 is 5.91 Å². The van der Waals surface area contributed by atoms with Crippen molar-refractivity contribution in [2.24, 2.45) is 0 Å². The van der Waals surface area contributed by atoms with Gasteiger partial charge in [0.2, 0.25) is 11.8 Å². The van der Waals surface area contributed by atoms with E-state index in [-0.39, 0.29) is 17.6 Å². The molecule has 7 heteroatoms. The Morgan fingerprint density at radius 1 is 1.03 bits per heavy atom. The molecule has 0 spiro atoms. The second-order valence-corrected chi connectivity index (χ2v) is 8.95. The topological polar surface area (TPSA) is 64.6 Å². The average Bonchev–Trinajstić information content (AvgIpc) is 2.91. The summed E-state index contributed by atoms with van der Waals surface area (Å²) in [6.45, 7) is 2.45. The highest BCUT2D eigenvalue weighted by Crippen LogP contribution is 2.39. The minimum absolute atomic E-state index is 0.00881. The van der Waals surface area contributed by atoms with Gasteiger partial charge in [0, 0.05) is 44.6 Å². The fraction of sp³-hybridized carbons (Fsp3) is 0.370. The van der Waals surface area contributed by atoms with Gasteiger partial charge in [0.1, 0.15) is 17.3 Å². The first kappa shape index (κ1) is 22.5. The van der Waals surface area contributed by atoms with Crippen LogP contribution in [0.1, 0.15) is 42.9 Å². The molecule has 1 unspecified atom stereocenters. The highest BCUT2D eigenvalue weighted by Gasteiger charge is 2.45. The summed E-state index contributed by atoms with van der Waals surface area (Å²) in [7, 11) is 0. The molecule has 176 valence electrons. The third-order valence-corrected chi connectivity index (χ3v) is 6.90. The molecular weight excluding hydrogens is 433 g/mol. The lowest BCUT2D eigenvalue weighted by Gasteiger charge is -2.42. The van der Waals surface area contributed by atoms with E-state index in [4.69, 9.17) is 9.47 Å². The van der Waals surface area contributed by atoms with Gasteiger partial charge in [0.05, 0.1) is 5.41 Å².